The first kappa shape index (κ1) is 17.3. The Hall–Kier alpha value is -3.48. The van der Waals surface area contributed by atoms with Crippen LogP contribution in [0.1, 0.15) is 0 Å². The molecular formula is C19H19N5O2. The molecule has 0 bridgehead atoms. The standard InChI is InChI=1S/C19H19N5O2/c1-23(2)19-16(9-6-12-20-19)21-17(25)13-24-18(26)11-10-15(22-24)14-7-4-3-5-8-14/h3-12H,13H2,1-2H3,(H,21,25). The highest BCUT2D eigenvalue weighted by Crippen LogP contribution is 2.20. The largest absolute Gasteiger partial charge is 0.361 e. The van der Waals surface area contributed by atoms with Gasteiger partial charge in [0.2, 0.25) is 5.91 Å². The van der Waals surface area contributed by atoms with E-state index in [1.165, 1.54) is 6.07 Å². The van der Waals surface area contributed by atoms with Crippen LogP contribution in [-0.4, -0.2) is 34.8 Å². The number of nitrogens with one attached hydrogen (secondary N) is 1. The van der Waals surface area contributed by atoms with Crippen LogP contribution in [0.25, 0.3) is 11.3 Å². The van der Waals surface area contributed by atoms with E-state index in [-0.39, 0.29) is 18.0 Å². The molecule has 7 heteroatoms. The molecule has 7 nitrogen and oxygen atoms in total. The molecule has 26 heavy (non-hydrogen) atoms. The Labute approximate surface area is 150 Å². The summed E-state index contributed by atoms with van der Waals surface area (Å²) in [6.45, 7) is -0.179. The van der Waals surface area contributed by atoms with Crippen molar-refractivity contribution in [1.29, 1.82) is 0 Å². The van der Waals surface area contributed by atoms with Gasteiger partial charge in [-0.1, -0.05) is 30.3 Å². The first-order valence-corrected chi connectivity index (χ1v) is 8.10. The number of hydrogen-bond donors (Lipinski definition) is 1. The summed E-state index contributed by atoms with van der Waals surface area (Å²) in [7, 11) is 3.68. The van der Waals surface area contributed by atoms with E-state index in [1.807, 2.05) is 44.4 Å². The number of pyridine rings is 1. The predicted octanol–water partition coefficient (Wildman–Crippen LogP) is 2.01. The summed E-state index contributed by atoms with van der Waals surface area (Å²) in [4.78, 5) is 30.5. The highest BCUT2D eigenvalue weighted by atomic mass is 16.2. The van der Waals surface area contributed by atoms with Gasteiger partial charge in [-0.25, -0.2) is 9.67 Å². The highest BCUT2D eigenvalue weighted by molar-refractivity contribution is 5.93. The van der Waals surface area contributed by atoms with Crippen LogP contribution in [0.4, 0.5) is 11.5 Å². The molecule has 1 aromatic carbocycles. The van der Waals surface area contributed by atoms with E-state index in [0.29, 0.717) is 17.2 Å². The molecule has 1 N–H and O–H groups in total. The summed E-state index contributed by atoms with van der Waals surface area (Å²) >= 11 is 0. The molecule has 132 valence electrons. The maximum Gasteiger partial charge on any atom is 0.267 e. The number of rotatable bonds is 5. The Morgan fingerprint density at radius 1 is 1.08 bits per heavy atom. The summed E-state index contributed by atoms with van der Waals surface area (Å²) in [5.74, 6) is 0.292. The smallest absolute Gasteiger partial charge is 0.267 e. The second-order valence-corrected chi connectivity index (χ2v) is 5.90. The number of amides is 1. The first-order chi connectivity index (χ1) is 12.5. The Kier molecular flexibility index (Phi) is 5.07. The molecule has 0 saturated carbocycles. The molecule has 0 aliphatic heterocycles. The summed E-state index contributed by atoms with van der Waals surface area (Å²) < 4.78 is 1.16. The van der Waals surface area contributed by atoms with Crippen molar-refractivity contribution in [3.63, 3.8) is 0 Å². The molecule has 2 heterocycles. The van der Waals surface area contributed by atoms with Crippen LogP contribution in [0.5, 0.6) is 0 Å². The predicted molar refractivity (Wildman–Crippen MR) is 101 cm³/mol. The molecule has 0 fully saturated rings. The van der Waals surface area contributed by atoms with Gasteiger partial charge in [0, 0.05) is 31.9 Å². The van der Waals surface area contributed by atoms with Crippen molar-refractivity contribution in [2.45, 2.75) is 6.54 Å². The molecule has 0 radical (unpaired) electrons. The third kappa shape index (κ3) is 3.94. The van der Waals surface area contributed by atoms with Gasteiger partial charge in [-0.3, -0.25) is 9.59 Å². The van der Waals surface area contributed by atoms with Gasteiger partial charge in [-0.2, -0.15) is 5.10 Å². The summed E-state index contributed by atoms with van der Waals surface area (Å²) in [6, 6.07) is 16.1. The zero-order valence-corrected chi connectivity index (χ0v) is 14.6. The Morgan fingerprint density at radius 3 is 2.58 bits per heavy atom. The molecule has 0 aliphatic rings. The van der Waals surface area contributed by atoms with Crippen LogP contribution in [-0.2, 0) is 11.3 Å². The van der Waals surface area contributed by atoms with Gasteiger partial charge < -0.3 is 10.2 Å². The van der Waals surface area contributed by atoms with E-state index in [1.54, 1.807) is 29.3 Å². The van der Waals surface area contributed by atoms with Crippen molar-refractivity contribution in [1.82, 2.24) is 14.8 Å². The maximum atomic E-state index is 12.4. The van der Waals surface area contributed by atoms with Gasteiger partial charge in [-0.15, -0.1) is 0 Å². The van der Waals surface area contributed by atoms with Gasteiger partial charge in [-0.05, 0) is 18.2 Å². The average Bonchev–Trinajstić information content (AvgIpc) is 2.64. The molecule has 0 saturated heterocycles. The fraction of sp³-hybridized carbons (Fsp3) is 0.158. The summed E-state index contributed by atoms with van der Waals surface area (Å²) in [6.07, 6.45) is 1.65. The Bertz CT molecular complexity index is 967. The second-order valence-electron chi connectivity index (χ2n) is 5.90. The zero-order chi connectivity index (χ0) is 18.5. The monoisotopic (exact) mass is 349 g/mol. The fourth-order valence-corrected chi connectivity index (χ4v) is 2.50. The van der Waals surface area contributed by atoms with Gasteiger partial charge in [0.1, 0.15) is 6.54 Å². The van der Waals surface area contributed by atoms with Crippen LogP contribution in [0, 0.1) is 0 Å². The minimum atomic E-state index is -0.346. The second kappa shape index (κ2) is 7.60. The van der Waals surface area contributed by atoms with Crippen molar-refractivity contribution in [3.8, 4) is 11.3 Å². The molecular weight excluding hydrogens is 330 g/mol. The van der Waals surface area contributed by atoms with Gasteiger partial charge >= 0.3 is 0 Å². The van der Waals surface area contributed by atoms with Crippen LogP contribution in [0.3, 0.4) is 0 Å². The van der Waals surface area contributed by atoms with E-state index in [9.17, 15) is 9.59 Å². The van der Waals surface area contributed by atoms with E-state index in [0.717, 1.165) is 10.2 Å². The van der Waals surface area contributed by atoms with E-state index in [2.05, 4.69) is 15.4 Å². The number of hydrogen-bond acceptors (Lipinski definition) is 5. The van der Waals surface area contributed by atoms with Crippen molar-refractivity contribution >= 4 is 17.4 Å². The van der Waals surface area contributed by atoms with Crippen LogP contribution in [0.15, 0.2) is 65.6 Å². The summed E-state index contributed by atoms with van der Waals surface area (Å²) in [5, 5.41) is 7.08. The van der Waals surface area contributed by atoms with Crippen LogP contribution < -0.4 is 15.8 Å². The molecule has 0 unspecified atom stereocenters. The lowest BCUT2D eigenvalue weighted by atomic mass is 10.1. The van der Waals surface area contributed by atoms with Crippen LogP contribution >= 0.6 is 0 Å². The van der Waals surface area contributed by atoms with Crippen molar-refractivity contribution < 1.29 is 4.79 Å². The molecule has 0 atom stereocenters. The normalized spacial score (nSPS) is 10.4. The van der Waals surface area contributed by atoms with Crippen molar-refractivity contribution in [2.24, 2.45) is 0 Å². The molecule has 0 spiro atoms. The van der Waals surface area contributed by atoms with E-state index < -0.39 is 0 Å². The number of carbonyl (C=O) groups excluding carboxylic acids is 1. The fourth-order valence-electron chi connectivity index (χ4n) is 2.50. The van der Waals surface area contributed by atoms with Crippen LogP contribution in [0.2, 0.25) is 0 Å². The zero-order valence-electron chi connectivity index (χ0n) is 14.6. The first-order valence-electron chi connectivity index (χ1n) is 8.10. The van der Waals surface area contributed by atoms with Crippen molar-refractivity contribution in [2.75, 3.05) is 24.3 Å². The maximum absolute atomic E-state index is 12.4. The minimum absolute atomic E-state index is 0.179. The highest BCUT2D eigenvalue weighted by Gasteiger charge is 2.11. The quantitative estimate of drug-likeness (QED) is 0.762. The molecule has 3 aromatic rings. The number of benzene rings is 1. The minimum Gasteiger partial charge on any atom is -0.361 e. The SMILES string of the molecule is CN(C)c1ncccc1NC(=O)Cn1nc(-c2ccccc2)ccc1=O. The van der Waals surface area contributed by atoms with Gasteiger partial charge in [0.15, 0.2) is 5.82 Å². The lowest BCUT2D eigenvalue weighted by Crippen LogP contribution is -2.29. The third-order valence-electron chi connectivity index (χ3n) is 3.71. The van der Waals surface area contributed by atoms with Crippen molar-refractivity contribution in [3.05, 3.63) is 71.1 Å². The van der Waals surface area contributed by atoms with E-state index in [4.69, 9.17) is 0 Å². The van der Waals surface area contributed by atoms with Gasteiger partial charge in [0.25, 0.3) is 5.56 Å². The third-order valence-corrected chi connectivity index (χ3v) is 3.71. The molecule has 3 rings (SSSR count). The number of nitrogens with zero attached hydrogens (tertiary/aromatic N) is 4. The number of carbonyl (C=O) groups is 1. The topological polar surface area (TPSA) is 80.1 Å². The Balaban J connectivity index is 1.81. The number of aromatic nitrogens is 3. The Morgan fingerprint density at radius 2 is 1.85 bits per heavy atom. The van der Waals surface area contributed by atoms with E-state index >= 15 is 0 Å². The molecule has 1 amide bonds. The molecule has 0 aliphatic carbocycles. The van der Waals surface area contributed by atoms with Gasteiger partial charge in [0.05, 0.1) is 11.4 Å². The lowest BCUT2D eigenvalue weighted by Gasteiger charge is -2.16. The number of anilines is 2. The molecule has 2 aromatic heterocycles. The summed E-state index contributed by atoms with van der Waals surface area (Å²) in [5.41, 5.74) is 1.76. The average molecular weight is 349 g/mol. The lowest BCUT2D eigenvalue weighted by molar-refractivity contribution is -0.117.